The first-order valence-electron chi connectivity index (χ1n) is 35.8. The molecule has 41 heteroatoms. The smallest absolute Gasteiger partial charge is 0.258 e. The topological polar surface area (TPSA) is 382 Å². The molecule has 0 aliphatic heterocycles. The van der Waals surface area contributed by atoms with Crippen LogP contribution in [0.25, 0.3) is 0 Å². The molecule has 0 bridgehead atoms. The Morgan fingerprint density at radius 3 is 0.991 bits per heavy atom. The normalized spacial score (nSPS) is 19.7. The van der Waals surface area contributed by atoms with E-state index in [1.165, 1.54) is 115 Å². The molecule has 0 spiro atoms. The largest absolute Gasteiger partial charge is 0.393 e. The number of anilines is 4. The van der Waals surface area contributed by atoms with Gasteiger partial charge in [-0.25, -0.2) is 78.9 Å². The highest BCUT2D eigenvalue weighted by Gasteiger charge is 2.35. The highest BCUT2D eigenvalue weighted by atomic mass is 79.9. The van der Waals surface area contributed by atoms with E-state index in [-0.39, 0.29) is 76.3 Å². The van der Waals surface area contributed by atoms with E-state index in [9.17, 15) is 99.6 Å². The molecular formula is C76H75Br3Cl4F6N8O16S4. The Bertz CT molecular complexity index is 5360. The lowest BCUT2D eigenvalue weighted by molar-refractivity contribution is 0.101. The van der Waals surface area contributed by atoms with E-state index in [4.69, 9.17) is 46.4 Å². The maximum absolute atomic E-state index is 14.3. The highest BCUT2D eigenvalue weighted by Crippen LogP contribution is 2.34. The average molecular weight is 1980 g/mol. The van der Waals surface area contributed by atoms with Gasteiger partial charge in [0.05, 0.1) is 63.5 Å². The molecule has 8 atom stereocenters. The van der Waals surface area contributed by atoms with Crippen molar-refractivity contribution >= 4 is 181 Å². The zero-order chi connectivity index (χ0) is 85.6. The van der Waals surface area contributed by atoms with E-state index < -0.39 is 158 Å². The highest BCUT2D eigenvalue weighted by molar-refractivity contribution is 9.11. The Morgan fingerprint density at radius 2 is 0.650 bits per heavy atom. The second-order valence-corrected chi connectivity index (χ2v) is 38.4. The molecule has 4 aliphatic rings. The molecule has 12 N–H and O–H groups in total. The fourth-order valence-electron chi connectivity index (χ4n) is 12.7. The third-order valence-corrected chi connectivity index (χ3v) is 28.3. The Balaban J connectivity index is 0.000000178. The van der Waals surface area contributed by atoms with Gasteiger partial charge < -0.3 is 41.7 Å². The van der Waals surface area contributed by atoms with Crippen LogP contribution in [0.3, 0.4) is 0 Å². The van der Waals surface area contributed by atoms with Gasteiger partial charge in [0.25, 0.3) is 23.6 Å². The van der Waals surface area contributed by atoms with Gasteiger partial charge in [-0.15, -0.1) is 0 Å². The van der Waals surface area contributed by atoms with Crippen LogP contribution in [0.4, 0.5) is 49.1 Å². The zero-order valence-corrected chi connectivity index (χ0v) is 72.0. The summed E-state index contributed by atoms with van der Waals surface area (Å²) in [5, 5.41) is 49.3. The number of rotatable bonds is 20. The van der Waals surface area contributed by atoms with E-state index in [0.717, 1.165) is 37.8 Å². The summed E-state index contributed by atoms with van der Waals surface area (Å²) in [6, 6.07) is 25.6. The van der Waals surface area contributed by atoms with Gasteiger partial charge >= 0.3 is 0 Å². The van der Waals surface area contributed by atoms with Crippen molar-refractivity contribution in [3.63, 3.8) is 0 Å². The summed E-state index contributed by atoms with van der Waals surface area (Å²) >= 11 is 33.0. The van der Waals surface area contributed by atoms with Crippen molar-refractivity contribution in [1.29, 1.82) is 0 Å². The predicted octanol–water partition coefficient (Wildman–Crippen LogP) is 15.8. The number of hydrogen-bond acceptors (Lipinski definition) is 16. The molecule has 8 aromatic carbocycles. The summed E-state index contributed by atoms with van der Waals surface area (Å²) in [7, 11) is -16.5. The molecule has 0 aromatic heterocycles. The lowest BCUT2D eigenvalue weighted by Gasteiger charge is -2.28. The summed E-state index contributed by atoms with van der Waals surface area (Å²) < 4.78 is 194. The Labute approximate surface area is 715 Å². The van der Waals surface area contributed by atoms with Crippen LogP contribution < -0.4 is 40.2 Å². The van der Waals surface area contributed by atoms with Crippen LogP contribution in [-0.4, -0.2) is 126 Å². The first-order valence-corrected chi connectivity index (χ1v) is 45.6. The minimum absolute atomic E-state index is 0.0186. The van der Waals surface area contributed by atoms with Crippen LogP contribution in [0.15, 0.2) is 173 Å². The number of carbonyl (C=O) groups is 4. The third kappa shape index (κ3) is 26.4. The minimum Gasteiger partial charge on any atom is -0.393 e. The van der Waals surface area contributed by atoms with Gasteiger partial charge in [0.2, 0.25) is 40.1 Å². The summed E-state index contributed by atoms with van der Waals surface area (Å²) in [5.41, 5.74) is 0.557. The van der Waals surface area contributed by atoms with Crippen LogP contribution in [0, 0.1) is 34.9 Å². The number of amides is 4. The summed E-state index contributed by atoms with van der Waals surface area (Å²) in [6.07, 6.45) is 6.74. The second-order valence-electron chi connectivity index (χ2n) is 27.5. The number of aliphatic hydroxyl groups excluding tert-OH is 4. The average Bonchev–Trinajstić information content (AvgIpc) is 0.795. The zero-order valence-electron chi connectivity index (χ0n) is 60.9. The molecule has 630 valence electrons. The van der Waals surface area contributed by atoms with Crippen LogP contribution in [-0.2, 0) is 40.1 Å². The molecule has 8 unspecified atom stereocenters. The number of benzene rings is 8. The van der Waals surface area contributed by atoms with Crippen LogP contribution in [0.1, 0.15) is 144 Å². The molecule has 12 rings (SSSR count). The number of nitrogens with one attached hydrogen (secondary N) is 8. The van der Waals surface area contributed by atoms with E-state index in [0.29, 0.717) is 101 Å². The SMILES string of the molecule is O=C(Nc1ccc(F)c(Br)c1)c1cc(S(=O)(=O)NC2CCCCC2O)c(F)cc1F.O=C(Nc1ccc(F)c(Br)c1)c1ccc(Cl)c(S(=O)(=O)NC2CCCC(O)C2)c1.O=C(Nc1ccc(F)c(Br)c1)c1ccc(Cl)c(S(=O)(=O)NC2CCCCC2O)c1.O=C(Nc1ccc(F)c(Cl)c1)c1ccc(Cl)c(S(=O)(=O)NC2CCCC(O)C2)c1. The van der Waals surface area contributed by atoms with E-state index in [1.807, 2.05) is 0 Å². The van der Waals surface area contributed by atoms with Crippen molar-refractivity contribution in [2.45, 2.75) is 171 Å². The molecule has 24 nitrogen and oxygen atoms in total. The van der Waals surface area contributed by atoms with Gasteiger partial charge in [-0.05, 0) is 258 Å². The Morgan fingerprint density at radius 1 is 0.325 bits per heavy atom. The van der Waals surface area contributed by atoms with Gasteiger partial charge in [0, 0.05) is 69.7 Å². The molecular weight excluding hydrogens is 1900 g/mol. The third-order valence-electron chi connectivity index (χ3n) is 18.7. The quantitative estimate of drug-likeness (QED) is 0.0315. The monoisotopic (exact) mass is 1970 g/mol. The number of aliphatic hydroxyl groups is 4. The van der Waals surface area contributed by atoms with Crippen LogP contribution >= 0.6 is 94.2 Å². The molecule has 117 heavy (non-hydrogen) atoms. The van der Waals surface area contributed by atoms with Crippen molar-refractivity contribution in [2.75, 3.05) is 21.3 Å². The number of carbonyl (C=O) groups excluding carboxylic acids is 4. The fourth-order valence-corrected chi connectivity index (χ4v) is 20.8. The lowest BCUT2D eigenvalue weighted by atomic mass is 9.93. The van der Waals surface area contributed by atoms with Crippen LogP contribution in [0.5, 0.6) is 0 Å². The Kier molecular flexibility index (Phi) is 33.6. The van der Waals surface area contributed by atoms with Gasteiger partial charge in [0.1, 0.15) is 54.5 Å². The maximum Gasteiger partial charge on any atom is 0.258 e. The number of sulfonamides is 4. The summed E-state index contributed by atoms with van der Waals surface area (Å²) in [4.78, 5) is 48.4. The van der Waals surface area contributed by atoms with E-state index >= 15 is 0 Å². The summed E-state index contributed by atoms with van der Waals surface area (Å²) in [6.45, 7) is 0. The first-order chi connectivity index (χ1) is 55.1. The molecule has 0 heterocycles. The van der Waals surface area contributed by atoms with Gasteiger partial charge in [-0.3, -0.25) is 19.2 Å². The maximum atomic E-state index is 14.3. The van der Waals surface area contributed by atoms with Crippen molar-refractivity contribution in [3.05, 3.63) is 230 Å². The lowest BCUT2D eigenvalue weighted by Crippen LogP contribution is -2.45. The number of hydrogen-bond donors (Lipinski definition) is 12. The van der Waals surface area contributed by atoms with Crippen molar-refractivity contribution in [3.8, 4) is 0 Å². The number of halogens is 13. The van der Waals surface area contributed by atoms with E-state index in [2.05, 4.69) is 87.9 Å². The molecule has 4 fully saturated rings. The van der Waals surface area contributed by atoms with Gasteiger partial charge in [-0.2, -0.15) is 0 Å². The van der Waals surface area contributed by atoms with E-state index in [1.54, 1.807) is 0 Å². The van der Waals surface area contributed by atoms with Gasteiger partial charge in [-0.1, -0.05) is 72.1 Å². The first kappa shape index (κ1) is 94.2. The molecule has 0 radical (unpaired) electrons. The predicted molar refractivity (Wildman–Crippen MR) is 441 cm³/mol. The second kappa shape index (κ2) is 41.7. The minimum atomic E-state index is -4.47. The molecule has 4 amide bonds. The molecule has 4 saturated carbocycles. The molecule has 0 saturated heterocycles. The molecule has 8 aromatic rings. The van der Waals surface area contributed by atoms with Crippen molar-refractivity contribution in [2.24, 2.45) is 0 Å². The Hall–Kier alpha value is -6.70. The standard InChI is InChI=1S/2C19H19BrClFN2O4S.C19H18BrF3N2O4S.C19H19Cl2FN2O4S/c20-15-10-12(5-7-17(15)22)23-19(26)11-4-6-16(21)18(8-11)29(27,28)24-13-2-1-3-14(25)9-13;20-13-10-12(6-8-15(13)22)23-19(26)11-5-7-14(21)18(9-11)29(27,28)24-16-3-1-2-4-17(16)25;20-12-7-10(5-6-13(12)21)24-19(27)11-8-18(15(23)9-14(11)22)30(28,29)25-16-3-1-2-4-17(16)26;20-15-6-4-11(19(26)23-12-5-7-17(22)16(21)10-12)8-18(15)29(27,28)24-13-2-1-3-14(25)9-13/h4-8,10,13-14,24-25H,1-3,9H2,(H,23,26);5-10,16-17,24-25H,1-4H2,(H,23,26);5-9,16-17,25-26H,1-4H2,(H,24,27);4-8,10,13-14,24-25H,1-3,9H2,(H,23,26). The molecule has 4 aliphatic carbocycles. The fraction of sp³-hybridized carbons (Fsp3) is 0.316. The van der Waals surface area contributed by atoms with Gasteiger partial charge in [0.15, 0.2) is 0 Å². The van der Waals surface area contributed by atoms with Crippen LogP contribution in [0.2, 0.25) is 20.1 Å². The van der Waals surface area contributed by atoms with Crippen molar-refractivity contribution in [1.82, 2.24) is 18.9 Å². The van der Waals surface area contributed by atoms with Crippen molar-refractivity contribution < 1.29 is 99.6 Å². The summed E-state index contributed by atoms with van der Waals surface area (Å²) in [5.74, 6) is -7.56.